The molecular formula is C26H32F3N5O4S. The molecule has 2 saturated heterocycles. The first-order valence-corrected chi connectivity index (χ1v) is 14.2. The van der Waals surface area contributed by atoms with E-state index in [0.717, 1.165) is 44.3 Å². The summed E-state index contributed by atoms with van der Waals surface area (Å²) in [6.07, 6.45) is -3.81. The van der Waals surface area contributed by atoms with Crippen LogP contribution in [0.3, 0.4) is 0 Å². The molecule has 2 fully saturated rings. The molecule has 0 spiro atoms. The van der Waals surface area contributed by atoms with Crippen molar-refractivity contribution < 1.29 is 31.2 Å². The zero-order chi connectivity index (χ0) is 28.0. The van der Waals surface area contributed by atoms with Gasteiger partial charge in [0.25, 0.3) is 5.91 Å². The molecule has 212 valence electrons. The van der Waals surface area contributed by atoms with E-state index in [1.807, 2.05) is 0 Å². The average molecular weight is 568 g/mol. The van der Waals surface area contributed by atoms with Gasteiger partial charge in [-0.1, -0.05) is 24.3 Å². The Kier molecular flexibility index (Phi) is 9.26. The van der Waals surface area contributed by atoms with E-state index in [4.69, 9.17) is 0 Å². The number of rotatable bonds is 9. The van der Waals surface area contributed by atoms with Gasteiger partial charge >= 0.3 is 6.18 Å². The van der Waals surface area contributed by atoms with Gasteiger partial charge in [-0.15, -0.1) is 0 Å². The third kappa shape index (κ3) is 7.78. The molecule has 0 bridgehead atoms. The second kappa shape index (κ2) is 12.5. The number of carbonyl (C=O) groups is 2. The molecule has 0 radical (unpaired) electrons. The van der Waals surface area contributed by atoms with Crippen LogP contribution in [0, 0.1) is 0 Å². The first-order chi connectivity index (χ1) is 18.5. The summed E-state index contributed by atoms with van der Waals surface area (Å²) >= 11 is 0. The van der Waals surface area contributed by atoms with Gasteiger partial charge in [-0.3, -0.25) is 19.4 Å². The number of hydrogen-bond acceptors (Lipinski definition) is 6. The highest BCUT2D eigenvalue weighted by Gasteiger charge is 2.31. The Morgan fingerprint density at radius 3 is 2.28 bits per heavy atom. The molecule has 0 aliphatic carbocycles. The molecular weight excluding hydrogens is 535 g/mol. The maximum Gasteiger partial charge on any atom is 0.416 e. The van der Waals surface area contributed by atoms with E-state index in [2.05, 4.69) is 20.4 Å². The second-order valence-corrected chi connectivity index (χ2v) is 11.6. The zero-order valence-corrected chi connectivity index (χ0v) is 22.2. The maximum atomic E-state index is 12.9. The van der Waals surface area contributed by atoms with Crippen molar-refractivity contribution in [2.24, 2.45) is 0 Å². The SMILES string of the molecule is O=C(CNC(=O)c1cccc(C(F)(F)F)c1)N[C@@H]1CCN(CCN2CCN(S(=O)(=O)c3ccccc3)CC2)C1. The maximum absolute atomic E-state index is 12.9. The van der Waals surface area contributed by atoms with Crippen LogP contribution in [-0.2, 0) is 21.0 Å². The van der Waals surface area contributed by atoms with Crippen molar-refractivity contribution in [1.29, 1.82) is 0 Å². The molecule has 2 aliphatic rings. The van der Waals surface area contributed by atoms with Crippen LogP contribution < -0.4 is 10.6 Å². The number of sulfonamides is 1. The predicted octanol–water partition coefficient (Wildman–Crippen LogP) is 1.63. The van der Waals surface area contributed by atoms with Crippen LogP contribution in [0.4, 0.5) is 13.2 Å². The van der Waals surface area contributed by atoms with Gasteiger partial charge in [0.2, 0.25) is 15.9 Å². The summed E-state index contributed by atoms with van der Waals surface area (Å²) < 4.78 is 65.7. The lowest BCUT2D eigenvalue weighted by Gasteiger charge is -2.34. The third-order valence-electron chi connectivity index (χ3n) is 6.94. The van der Waals surface area contributed by atoms with Crippen LogP contribution in [0.2, 0.25) is 0 Å². The Bertz CT molecular complexity index is 1250. The highest BCUT2D eigenvalue weighted by Crippen LogP contribution is 2.29. The number of nitrogens with zero attached hydrogens (tertiary/aromatic N) is 3. The Labute approximate surface area is 226 Å². The molecule has 1 atom stereocenters. The fourth-order valence-corrected chi connectivity index (χ4v) is 6.19. The van der Waals surface area contributed by atoms with Crippen LogP contribution in [0.1, 0.15) is 22.3 Å². The minimum absolute atomic E-state index is 0.0872. The summed E-state index contributed by atoms with van der Waals surface area (Å²) in [4.78, 5) is 29.2. The first-order valence-electron chi connectivity index (χ1n) is 12.8. The van der Waals surface area contributed by atoms with Gasteiger partial charge in [0.15, 0.2) is 0 Å². The highest BCUT2D eigenvalue weighted by atomic mass is 32.2. The van der Waals surface area contributed by atoms with E-state index in [1.165, 1.54) is 10.4 Å². The normalized spacial score (nSPS) is 19.6. The Hall–Kier alpha value is -3.00. The van der Waals surface area contributed by atoms with Crippen LogP contribution in [0.15, 0.2) is 59.5 Å². The molecule has 0 aromatic heterocycles. The van der Waals surface area contributed by atoms with Crippen LogP contribution in [0.5, 0.6) is 0 Å². The molecule has 0 unspecified atom stereocenters. The molecule has 0 saturated carbocycles. The fraction of sp³-hybridized carbons (Fsp3) is 0.462. The first kappa shape index (κ1) is 29.0. The van der Waals surface area contributed by atoms with Crippen molar-refractivity contribution >= 4 is 21.8 Å². The summed E-state index contributed by atoms with van der Waals surface area (Å²) in [5.41, 5.74) is -1.09. The minimum atomic E-state index is -4.56. The number of carbonyl (C=O) groups excluding carboxylic acids is 2. The highest BCUT2D eigenvalue weighted by molar-refractivity contribution is 7.89. The Morgan fingerprint density at radius 1 is 0.897 bits per heavy atom. The molecule has 39 heavy (non-hydrogen) atoms. The van der Waals surface area contributed by atoms with E-state index >= 15 is 0 Å². The molecule has 9 nitrogen and oxygen atoms in total. The monoisotopic (exact) mass is 567 g/mol. The van der Waals surface area contributed by atoms with Gasteiger partial charge < -0.3 is 10.6 Å². The van der Waals surface area contributed by atoms with Gasteiger partial charge in [0.1, 0.15) is 0 Å². The van der Waals surface area contributed by atoms with Crippen LogP contribution in [0.25, 0.3) is 0 Å². The number of halogens is 3. The molecule has 4 rings (SSSR count). The van der Waals surface area contributed by atoms with E-state index in [-0.39, 0.29) is 18.2 Å². The standard InChI is InChI=1S/C26H32F3N5O4S/c27-26(28,29)21-6-4-5-20(17-21)25(36)30-18-24(35)31-22-9-10-33(19-22)12-11-32-13-15-34(16-14-32)39(37,38)23-7-2-1-3-8-23/h1-8,17,22H,9-16,18-19H2,(H,30,36)(H,31,35)/t22-/m1/s1. The number of hydrogen-bond donors (Lipinski definition) is 2. The quantitative estimate of drug-likeness (QED) is 0.478. The molecule has 2 heterocycles. The van der Waals surface area contributed by atoms with Gasteiger partial charge in [-0.2, -0.15) is 17.5 Å². The predicted molar refractivity (Wildman–Crippen MR) is 138 cm³/mol. The topological polar surface area (TPSA) is 102 Å². The lowest BCUT2D eigenvalue weighted by molar-refractivity contribution is -0.137. The van der Waals surface area contributed by atoms with Gasteiger partial charge in [-0.05, 0) is 36.8 Å². The molecule has 2 aromatic rings. The van der Waals surface area contributed by atoms with Crippen molar-refractivity contribution in [3.63, 3.8) is 0 Å². The smallest absolute Gasteiger partial charge is 0.350 e. The van der Waals surface area contributed by atoms with Crippen molar-refractivity contribution in [2.45, 2.75) is 23.5 Å². The van der Waals surface area contributed by atoms with E-state index in [1.54, 1.807) is 30.3 Å². The molecule has 2 aliphatic heterocycles. The lowest BCUT2D eigenvalue weighted by Crippen LogP contribution is -2.50. The average Bonchev–Trinajstić information content (AvgIpc) is 3.38. The number of alkyl halides is 3. The number of nitrogens with one attached hydrogen (secondary N) is 2. The fourth-order valence-electron chi connectivity index (χ4n) is 4.75. The lowest BCUT2D eigenvalue weighted by atomic mass is 10.1. The second-order valence-electron chi connectivity index (χ2n) is 9.67. The summed E-state index contributed by atoms with van der Waals surface area (Å²) in [6.45, 7) is 4.83. The van der Waals surface area contributed by atoms with E-state index < -0.39 is 33.6 Å². The van der Waals surface area contributed by atoms with Crippen LogP contribution >= 0.6 is 0 Å². The largest absolute Gasteiger partial charge is 0.416 e. The van der Waals surface area contributed by atoms with E-state index in [9.17, 15) is 31.2 Å². The van der Waals surface area contributed by atoms with Crippen LogP contribution in [-0.4, -0.2) is 99.3 Å². The zero-order valence-electron chi connectivity index (χ0n) is 21.4. The van der Waals surface area contributed by atoms with Crippen molar-refractivity contribution in [2.75, 3.05) is 58.9 Å². The van der Waals surface area contributed by atoms with Crippen molar-refractivity contribution in [3.8, 4) is 0 Å². The van der Waals surface area contributed by atoms with Crippen molar-refractivity contribution in [1.82, 2.24) is 24.7 Å². The number of benzene rings is 2. The molecule has 2 amide bonds. The molecule has 2 N–H and O–H groups in total. The minimum Gasteiger partial charge on any atom is -0.350 e. The number of amides is 2. The summed E-state index contributed by atoms with van der Waals surface area (Å²) in [6, 6.07) is 12.4. The van der Waals surface area contributed by atoms with E-state index in [0.29, 0.717) is 37.6 Å². The summed E-state index contributed by atoms with van der Waals surface area (Å²) in [5.74, 6) is -1.15. The Balaban J connectivity index is 1.14. The summed E-state index contributed by atoms with van der Waals surface area (Å²) in [7, 11) is -3.48. The molecule has 2 aromatic carbocycles. The Morgan fingerprint density at radius 2 is 1.59 bits per heavy atom. The van der Waals surface area contributed by atoms with Crippen molar-refractivity contribution in [3.05, 3.63) is 65.7 Å². The summed E-state index contributed by atoms with van der Waals surface area (Å²) in [5, 5.41) is 5.23. The number of piperazine rings is 1. The van der Waals surface area contributed by atoms with Gasteiger partial charge in [0, 0.05) is 64.0 Å². The molecule has 13 heteroatoms. The van der Waals surface area contributed by atoms with Gasteiger partial charge in [0.05, 0.1) is 17.0 Å². The van der Waals surface area contributed by atoms with Gasteiger partial charge in [-0.25, -0.2) is 8.42 Å². The third-order valence-corrected chi connectivity index (χ3v) is 8.86. The number of likely N-dealkylation sites (tertiary alicyclic amines) is 1.